The summed E-state index contributed by atoms with van der Waals surface area (Å²) in [5.41, 5.74) is 1.84. The number of amides is 1. The highest BCUT2D eigenvalue weighted by molar-refractivity contribution is 9.10. The minimum absolute atomic E-state index is 0.00415. The molecule has 1 fully saturated rings. The second kappa shape index (κ2) is 4.72. The van der Waals surface area contributed by atoms with Crippen molar-refractivity contribution in [2.45, 2.75) is 13.3 Å². The largest absolute Gasteiger partial charge is 0.310 e. The van der Waals surface area contributed by atoms with Gasteiger partial charge in [0.25, 0.3) is 0 Å². The van der Waals surface area contributed by atoms with E-state index in [-0.39, 0.29) is 11.8 Å². The molecule has 1 aliphatic rings. The van der Waals surface area contributed by atoms with Crippen LogP contribution in [0.1, 0.15) is 12.0 Å². The smallest absolute Gasteiger partial charge is 0.228 e. The van der Waals surface area contributed by atoms with Gasteiger partial charge in [-0.05, 0) is 40.5 Å². The molecule has 2 nitrogen and oxygen atoms in total. The number of carbonyl (C=O) groups is 1. The van der Waals surface area contributed by atoms with Crippen molar-refractivity contribution in [3.05, 3.63) is 27.2 Å². The molecule has 2 rings (SSSR count). The lowest BCUT2D eigenvalue weighted by atomic mass is 10.1. The number of aryl methyl sites for hydroxylation is 1. The van der Waals surface area contributed by atoms with E-state index in [4.69, 9.17) is 18.0 Å². The summed E-state index contributed by atoms with van der Waals surface area (Å²) < 4.78 is 0.827. The predicted octanol–water partition coefficient (Wildman–Crippen LogP) is 3.40. The van der Waals surface area contributed by atoms with E-state index in [0.29, 0.717) is 18.0 Å². The van der Waals surface area contributed by atoms with Crippen LogP contribution in [-0.4, -0.2) is 12.5 Å². The third-order valence-electron chi connectivity index (χ3n) is 2.85. The Morgan fingerprint density at radius 1 is 1.59 bits per heavy atom. The van der Waals surface area contributed by atoms with E-state index in [1.165, 1.54) is 0 Å². The van der Waals surface area contributed by atoms with E-state index in [1.807, 2.05) is 13.0 Å². The summed E-state index contributed by atoms with van der Waals surface area (Å²) in [5, 5.41) is 0.651. The van der Waals surface area contributed by atoms with Crippen LogP contribution >= 0.6 is 27.5 Å². The van der Waals surface area contributed by atoms with E-state index >= 15 is 0 Å². The minimum atomic E-state index is 0.00415. The Kier molecular flexibility index (Phi) is 3.46. The number of rotatable bonds is 1. The number of anilines is 1. The first-order valence-corrected chi connectivity index (χ1v) is 6.42. The number of halogens is 2. The minimum Gasteiger partial charge on any atom is -0.310 e. The summed E-state index contributed by atoms with van der Waals surface area (Å²) in [5.74, 6) is 2.71. The van der Waals surface area contributed by atoms with Gasteiger partial charge in [0, 0.05) is 28.4 Å². The number of nitrogens with zero attached hydrogens (tertiary/aromatic N) is 1. The Hall–Kier alpha value is -0.980. The second-order valence-corrected chi connectivity index (χ2v) is 5.42. The zero-order chi connectivity index (χ0) is 12.6. The van der Waals surface area contributed by atoms with Crippen LogP contribution in [0.3, 0.4) is 0 Å². The van der Waals surface area contributed by atoms with E-state index in [9.17, 15) is 4.79 Å². The van der Waals surface area contributed by atoms with Crippen LogP contribution in [0.2, 0.25) is 5.02 Å². The zero-order valence-corrected chi connectivity index (χ0v) is 11.7. The number of hydrogen-bond donors (Lipinski definition) is 0. The van der Waals surface area contributed by atoms with Gasteiger partial charge in [-0.25, -0.2) is 0 Å². The highest BCUT2D eigenvalue weighted by atomic mass is 79.9. The Morgan fingerprint density at radius 2 is 2.29 bits per heavy atom. The topological polar surface area (TPSA) is 20.3 Å². The van der Waals surface area contributed by atoms with Crippen LogP contribution in [0.25, 0.3) is 0 Å². The lowest BCUT2D eigenvalue weighted by Crippen LogP contribution is -2.25. The van der Waals surface area contributed by atoms with Gasteiger partial charge >= 0.3 is 0 Å². The fourth-order valence-corrected chi connectivity index (χ4v) is 3.25. The lowest BCUT2D eigenvalue weighted by Gasteiger charge is -2.20. The fraction of sp³-hybridized carbons (Fsp3) is 0.308. The highest BCUT2D eigenvalue weighted by Gasteiger charge is 2.31. The average Bonchev–Trinajstić information content (AvgIpc) is 2.59. The monoisotopic (exact) mass is 311 g/mol. The number of hydrogen-bond acceptors (Lipinski definition) is 1. The summed E-state index contributed by atoms with van der Waals surface area (Å²) in [4.78, 5) is 13.6. The molecule has 1 aliphatic heterocycles. The summed E-state index contributed by atoms with van der Waals surface area (Å²) in [6.45, 7) is 2.51. The van der Waals surface area contributed by atoms with Crippen molar-refractivity contribution in [3.63, 3.8) is 0 Å². The molecular weight excluding hydrogens is 302 g/mol. The maximum Gasteiger partial charge on any atom is 0.228 e. The summed E-state index contributed by atoms with van der Waals surface area (Å²) >= 11 is 9.40. The molecule has 88 valence electrons. The van der Waals surface area contributed by atoms with E-state index < -0.39 is 0 Å². The van der Waals surface area contributed by atoms with E-state index in [0.717, 1.165) is 15.7 Å². The Balaban J connectivity index is 2.42. The Morgan fingerprint density at radius 3 is 2.82 bits per heavy atom. The zero-order valence-electron chi connectivity index (χ0n) is 9.34. The van der Waals surface area contributed by atoms with Gasteiger partial charge in [-0.1, -0.05) is 11.6 Å². The molecule has 1 aromatic rings. The standard InChI is InChI=1S/C13H11BrClNO/c1-3-9-5-12(17)16(7-9)13-8(2)4-10(15)6-11(13)14/h1,4,6,9H,5,7H2,2H3. The molecule has 0 aliphatic carbocycles. The second-order valence-electron chi connectivity index (χ2n) is 4.13. The van der Waals surface area contributed by atoms with Crippen LogP contribution in [0.15, 0.2) is 16.6 Å². The quantitative estimate of drug-likeness (QED) is 0.728. The molecule has 1 saturated heterocycles. The summed E-state index contributed by atoms with van der Waals surface area (Å²) in [6.07, 6.45) is 5.80. The summed E-state index contributed by atoms with van der Waals surface area (Å²) in [6, 6.07) is 3.64. The predicted molar refractivity (Wildman–Crippen MR) is 73.2 cm³/mol. The van der Waals surface area contributed by atoms with Gasteiger partial charge in [0.05, 0.1) is 5.69 Å². The molecule has 0 spiro atoms. The van der Waals surface area contributed by atoms with Crippen LogP contribution < -0.4 is 4.90 Å². The van der Waals surface area contributed by atoms with Gasteiger partial charge in [0.1, 0.15) is 0 Å². The normalized spacial score (nSPS) is 19.5. The molecule has 0 bridgehead atoms. The van der Waals surface area contributed by atoms with Crippen LogP contribution in [0, 0.1) is 25.2 Å². The SMILES string of the molecule is C#CC1CC(=O)N(c2c(C)cc(Cl)cc2Br)C1. The van der Waals surface area contributed by atoms with Crippen molar-refractivity contribution in [1.29, 1.82) is 0 Å². The third kappa shape index (κ3) is 2.34. The van der Waals surface area contributed by atoms with E-state index in [2.05, 4.69) is 21.9 Å². The fourth-order valence-electron chi connectivity index (χ4n) is 2.07. The van der Waals surface area contributed by atoms with Crippen molar-refractivity contribution in [2.75, 3.05) is 11.4 Å². The number of terminal acetylenes is 1. The average molecular weight is 313 g/mol. The molecule has 1 unspecified atom stereocenters. The van der Waals surface area contributed by atoms with Gasteiger partial charge in [0.15, 0.2) is 0 Å². The molecule has 0 saturated carbocycles. The molecule has 0 N–H and O–H groups in total. The van der Waals surface area contributed by atoms with Crippen molar-refractivity contribution in [2.24, 2.45) is 5.92 Å². The molecule has 1 amide bonds. The maximum atomic E-state index is 11.9. The first-order chi connectivity index (χ1) is 8.02. The van der Waals surface area contributed by atoms with Crippen LogP contribution in [0.5, 0.6) is 0 Å². The lowest BCUT2D eigenvalue weighted by molar-refractivity contribution is -0.117. The molecule has 4 heteroatoms. The highest BCUT2D eigenvalue weighted by Crippen LogP contribution is 2.36. The first kappa shape index (κ1) is 12.5. The Bertz CT molecular complexity index is 498. The molecular formula is C13H11BrClNO. The van der Waals surface area contributed by atoms with Gasteiger partial charge in [-0.15, -0.1) is 12.3 Å². The molecule has 1 heterocycles. The van der Waals surface area contributed by atoms with Crippen molar-refractivity contribution >= 4 is 39.1 Å². The number of benzene rings is 1. The van der Waals surface area contributed by atoms with Crippen molar-refractivity contribution < 1.29 is 4.79 Å². The molecule has 0 radical (unpaired) electrons. The third-order valence-corrected chi connectivity index (χ3v) is 3.67. The molecule has 1 aromatic carbocycles. The van der Waals surface area contributed by atoms with E-state index in [1.54, 1.807) is 11.0 Å². The van der Waals surface area contributed by atoms with Gasteiger partial charge < -0.3 is 4.90 Å². The van der Waals surface area contributed by atoms with Crippen molar-refractivity contribution in [3.8, 4) is 12.3 Å². The molecule has 0 aromatic heterocycles. The van der Waals surface area contributed by atoms with Crippen LogP contribution in [0.4, 0.5) is 5.69 Å². The van der Waals surface area contributed by atoms with Gasteiger partial charge in [-0.3, -0.25) is 4.79 Å². The molecule has 17 heavy (non-hydrogen) atoms. The first-order valence-electron chi connectivity index (χ1n) is 5.25. The number of carbonyl (C=O) groups excluding carboxylic acids is 1. The van der Waals surface area contributed by atoms with Crippen LogP contribution in [-0.2, 0) is 4.79 Å². The Labute approximate surface area is 114 Å². The van der Waals surface area contributed by atoms with Crippen molar-refractivity contribution in [1.82, 2.24) is 0 Å². The van der Waals surface area contributed by atoms with Gasteiger partial charge in [0.2, 0.25) is 5.91 Å². The summed E-state index contributed by atoms with van der Waals surface area (Å²) in [7, 11) is 0. The van der Waals surface area contributed by atoms with Gasteiger partial charge in [-0.2, -0.15) is 0 Å². The molecule has 1 atom stereocenters. The maximum absolute atomic E-state index is 11.9.